The van der Waals surface area contributed by atoms with Gasteiger partial charge in [0.2, 0.25) is 0 Å². The third-order valence-corrected chi connectivity index (χ3v) is 6.40. The lowest BCUT2D eigenvalue weighted by Crippen LogP contribution is -2.44. The fourth-order valence-electron chi connectivity index (χ4n) is 4.23. The minimum Gasteiger partial charge on any atom is -0.372 e. The smallest absolute Gasteiger partial charge is 0.372 e. The van der Waals surface area contributed by atoms with Crippen molar-refractivity contribution in [2.45, 2.75) is 39.0 Å². The Balaban J connectivity index is 2.32. The number of amides is 1. The Labute approximate surface area is 195 Å². The summed E-state index contributed by atoms with van der Waals surface area (Å²) in [7, 11) is 0. The molecule has 2 aromatic rings. The molecule has 0 bridgehead atoms. The summed E-state index contributed by atoms with van der Waals surface area (Å²) in [6.45, 7) is 7.20. The molecule has 0 fully saturated rings. The van der Waals surface area contributed by atoms with E-state index in [1.165, 1.54) is 24.3 Å². The van der Waals surface area contributed by atoms with Crippen LogP contribution in [0.25, 0.3) is 0 Å². The second-order valence-corrected chi connectivity index (χ2v) is 8.27. The predicted molar refractivity (Wildman–Crippen MR) is 121 cm³/mol. The van der Waals surface area contributed by atoms with Crippen LogP contribution in [0.3, 0.4) is 0 Å². The van der Waals surface area contributed by atoms with Gasteiger partial charge in [-0.15, -0.1) is 0 Å². The highest BCUT2D eigenvalue weighted by Gasteiger charge is 2.56. The molecule has 1 aliphatic heterocycles. The van der Waals surface area contributed by atoms with Gasteiger partial charge in [-0.05, 0) is 31.3 Å². The van der Waals surface area contributed by atoms with Crippen molar-refractivity contribution >= 4 is 29.0 Å². The molecule has 3 rings (SSSR count). The molecule has 0 spiro atoms. The number of Topliss-reactive ketones (excluding diaryl/α,β-unsaturated/α-hetero) is 1. The third-order valence-electron chi connectivity index (χ3n) is 6.07. The van der Waals surface area contributed by atoms with Crippen molar-refractivity contribution in [3.63, 3.8) is 0 Å². The quantitative estimate of drug-likeness (QED) is 0.545. The number of carbonyl (C=O) groups excluding carboxylic acids is 2. The van der Waals surface area contributed by atoms with Gasteiger partial charge < -0.3 is 14.9 Å². The van der Waals surface area contributed by atoms with Gasteiger partial charge >= 0.3 is 6.18 Å². The van der Waals surface area contributed by atoms with Gasteiger partial charge in [-0.2, -0.15) is 13.2 Å². The molecule has 0 aliphatic carbocycles. The van der Waals surface area contributed by atoms with Crippen LogP contribution in [0, 0.1) is 0 Å². The first-order chi connectivity index (χ1) is 15.5. The molecule has 9 heteroatoms. The summed E-state index contributed by atoms with van der Waals surface area (Å²) < 4.78 is 42.7. The maximum Gasteiger partial charge on any atom is 0.416 e. The highest BCUT2D eigenvalue weighted by molar-refractivity contribution is 6.32. The van der Waals surface area contributed by atoms with E-state index in [2.05, 4.69) is 0 Å². The zero-order chi connectivity index (χ0) is 24.6. The molecule has 0 unspecified atom stereocenters. The number of ketones is 1. The lowest BCUT2D eigenvalue weighted by molar-refractivity contribution is -0.142. The van der Waals surface area contributed by atoms with Crippen molar-refractivity contribution in [1.82, 2.24) is 4.90 Å². The van der Waals surface area contributed by atoms with Gasteiger partial charge in [0, 0.05) is 41.2 Å². The van der Waals surface area contributed by atoms with Gasteiger partial charge in [0.15, 0.2) is 11.4 Å². The topological polar surface area (TPSA) is 60.9 Å². The number of hydrogen-bond acceptors (Lipinski definition) is 4. The maximum absolute atomic E-state index is 14.2. The molecular formula is C24H26ClF3N2O3. The number of fused-ring (bicyclic) bond motifs is 1. The first kappa shape index (κ1) is 25.2. The molecular weight excluding hydrogens is 457 g/mol. The highest BCUT2D eigenvalue weighted by atomic mass is 35.5. The van der Waals surface area contributed by atoms with Gasteiger partial charge in [-0.25, -0.2) is 0 Å². The third kappa shape index (κ3) is 4.39. The zero-order valence-electron chi connectivity index (χ0n) is 18.7. The molecule has 1 amide bonds. The Morgan fingerprint density at radius 3 is 2.33 bits per heavy atom. The molecule has 1 heterocycles. The van der Waals surface area contributed by atoms with E-state index in [-0.39, 0.29) is 34.8 Å². The standard InChI is InChI=1S/C24H26ClF3N2O3/c1-4-20(31)15-13-17(24(26,27)28)21-19(14-15)30(12-11-29(5-2)6-3)22(32)23(21,33)16-9-7-8-10-18(16)25/h7-10,13-14,33H,4-6,11-12H2,1-3H3/t23-/m1/s1. The van der Waals surface area contributed by atoms with Crippen LogP contribution in [0.15, 0.2) is 36.4 Å². The zero-order valence-corrected chi connectivity index (χ0v) is 19.4. The molecule has 33 heavy (non-hydrogen) atoms. The lowest BCUT2D eigenvalue weighted by Gasteiger charge is -2.27. The SMILES string of the molecule is CCC(=O)c1cc2c(c(C(F)(F)F)c1)[C@](O)(c1ccccc1Cl)C(=O)N2CCN(CC)CC. The monoisotopic (exact) mass is 482 g/mol. The van der Waals surface area contributed by atoms with E-state index >= 15 is 0 Å². The normalized spacial score (nSPS) is 18.2. The van der Waals surface area contributed by atoms with Crippen LogP contribution >= 0.6 is 11.6 Å². The second-order valence-electron chi connectivity index (χ2n) is 7.87. The molecule has 1 aliphatic rings. The average molecular weight is 483 g/mol. The van der Waals surface area contributed by atoms with E-state index < -0.39 is 34.6 Å². The molecule has 0 aromatic heterocycles. The fraction of sp³-hybridized carbons (Fsp3) is 0.417. The van der Waals surface area contributed by atoms with E-state index in [1.54, 1.807) is 13.0 Å². The highest BCUT2D eigenvalue weighted by Crippen LogP contribution is 2.51. The number of alkyl halides is 3. The van der Waals surface area contributed by atoms with Crippen molar-refractivity contribution in [3.8, 4) is 0 Å². The Morgan fingerprint density at radius 2 is 1.79 bits per heavy atom. The number of rotatable bonds is 8. The Morgan fingerprint density at radius 1 is 1.15 bits per heavy atom. The minimum atomic E-state index is -4.92. The van der Waals surface area contributed by atoms with Gasteiger partial charge in [0.1, 0.15) is 0 Å². The van der Waals surface area contributed by atoms with Crippen LogP contribution in [0.5, 0.6) is 0 Å². The Bertz CT molecular complexity index is 1070. The first-order valence-corrected chi connectivity index (χ1v) is 11.2. The second kappa shape index (κ2) is 9.44. The lowest BCUT2D eigenvalue weighted by atomic mass is 9.83. The number of carbonyl (C=O) groups is 2. The Kier molecular flexibility index (Phi) is 7.21. The summed E-state index contributed by atoms with van der Waals surface area (Å²) in [6.07, 6.45) is -4.92. The van der Waals surface area contributed by atoms with Gasteiger partial charge in [-0.3, -0.25) is 9.59 Å². The van der Waals surface area contributed by atoms with Gasteiger partial charge in [-0.1, -0.05) is 50.6 Å². The van der Waals surface area contributed by atoms with Crippen molar-refractivity contribution < 1.29 is 27.9 Å². The van der Waals surface area contributed by atoms with E-state index in [9.17, 15) is 27.9 Å². The van der Waals surface area contributed by atoms with Gasteiger partial charge in [0.25, 0.3) is 5.91 Å². The maximum atomic E-state index is 14.2. The summed E-state index contributed by atoms with van der Waals surface area (Å²) in [6, 6.07) is 7.78. The molecule has 1 N–H and O–H groups in total. The predicted octanol–water partition coefficient (Wildman–Crippen LogP) is 4.88. The molecule has 178 valence electrons. The minimum absolute atomic E-state index is 0.00173. The average Bonchev–Trinajstić information content (AvgIpc) is 3.00. The van der Waals surface area contributed by atoms with E-state index in [0.717, 1.165) is 4.90 Å². The summed E-state index contributed by atoms with van der Waals surface area (Å²) in [5.41, 5.74) is -4.88. The fourth-order valence-corrected chi connectivity index (χ4v) is 4.50. The molecule has 5 nitrogen and oxygen atoms in total. The number of anilines is 1. The number of benzene rings is 2. The summed E-state index contributed by atoms with van der Waals surface area (Å²) in [4.78, 5) is 29.1. The summed E-state index contributed by atoms with van der Waals surface area (Å²) in [5, 5.41) is 11.6. The van der Waals surface area contributed by atoms with E-state index in [4.69, 9.17) is 11.6 Å². The molecule has 1 atom stereocenters. The van der Waals surface area contributed by atoms with Crippen LogP contribution in [0.1, 0.15) is 54.2 Å². The summed E-state index contributed by atoms with van der Waals surface area (Å²) in [5.74, 6) is -1.42. The van der Waals surface area contributed by atoms with Crippen molar-refractivity contribution in [2.24, 2.45) is 0 Å². The Hall–Kier alpha value is -2.42. The number of nitrogens with zero attached hydrogens (tertiary/aromatic N) is 2. The number of halogens is 4. The van der Waals surface area contributed by atoms with Crippen LogP contribution in [-0.4, -0.2) is 47.9 Å². The first-order valence-electron chi connectivity index (χ1n) is 10.8. The number of likely N-dealkylation sites (N-methyl/N-ethyl adjacent to an activating group) is 1. The largest absolute Gasteiger partial charge is 0.416 e. The van der Waals surface area contributed by atoms with E-state index in [0.29, 0.717) is 25.7 Å². The number of aliphatic hydroxyl groups is 1. The number of hydrogen-bond donors (Lipinski definition) is 1. The molecule has 0 saturated carbocycles. The molecule has 2 aromatic carbocycles. The molecule has 0 saturated heterocycles. The van der Waals surface area contributed by atoms with Crippen molar-refractivity contribution in [2.75, 3.05) is 31.1 Å². The van der Waals surface area contributed by atoms with Crippen LogP contribution in [0.2, 0.25) is 5.02 Å². The van der Waals surface area contributed by atoms with Crippen LogP contribution in [0.4, 0.5) is 18.9 Å². The van der Waals surface area contributed by atoms with E-state index in [1.807, 2.05) is 18.7 Å². The molecule has 0 radical (unpaired) electrons. The van der Waals surface area contributed by atoms with Crippen LogP contribution in [-0.2, 0) is 16.6 Å². The van der Waals surface area contributed by atoms with Gasteiger partial charge in [0.05, 0.1) is 11.3 Å². The summed E-state index contributed by atoms with van der Waals surface area (Å²) >= 11 is 6.24. The van der Waals surface area contributed by atoms with Crippen molar-refractivity contribution in [3.05, 3.63) is 63.7 Å². The van der Waals surface area contributed by atoms with Crippen LogP contribution < -0.4 is 4.90 Å². The van der Waals surface area contributed by atoms with Crippen molar-refractivity contribution in [1.29, 1.82) is 0 Å².